The molecule has 1 aliphatic carbocycles. The van der Waals surface area contributed by atoms with Crippen molar-refractivity contribution in [1.82, 2.24) is 10.2 Å². The number of anilines is 1. The number of aromatic nitrogens is 2. The lowest BCUT2D eigenvalue weighted by molar-refractivity contribution is 0.268. The van der Waals surface area contributed by atoms with Crippen LogP contribution in [0.5, 0.6) is 0 Å². The smallest absolute Gasteiger partial charge is 0.247 e. The molecule has 0 saturated heterocycles. The highest BCUT2D eigenvalue weighted by Crippen LogP contribution is 2.32. The highest BCUT2D eigenvalue weighted by atomic mass is 16.4. The number of rotatable bonds is 3. The summed E-state index contributed by atoms with van der Waals surface area (Å²) in [5.74, 6) is 2.02. The summed E-state index contributed by atoms with van der Waals surface area (Å²) < 4.78 is 5.26. The molecule has 1 aromatic carbocycles. The van der Waals surface area contributed by atoms with E-state index in [1.54, 1.807) is 0 Å². The minimum Gasteiger partial charge on any atom is -0.423 e. The van der Waals surface area contributed by atoms with Crippen molar-refractivity contribution in [3.63, 3.8) is 0 Å². The van der Waals surface area contributed by atoms with Crippen LogP contribution in [0.3, 0.4) is 0 Å². The van der Waals surface area contributed by atoms with Gasteiger partial charge in [-0.15, -0.1) is 10.2 Å². The number of benzene rings is 1. The Balaban J connectivity index is 1.80. The van der Waals surface area contributed by atoms with Gasteiger partial charge < -0.3 is 9.73 Å². The second kappa shape index (κ2) is 5.88. The largest absolute Gasteiger partial charge is 0.423 e. The Morgan fingerprint density at radius 3 is 2.57 bits per heavy atom. The molecule has 1 saturated carbocycles. The Morgan fingerprint density at radius 2 is 1.95 bits per heavy atom. The van der Waals surface area contributed by atoms with Gasteiger partial charge in [-0.25, -0.2) is 0 Å². The number of hydrogen-bond donors (Lipinski definition) is 1. The highest BCUT2D eigenvalue weighted by Gasteiger charge is 2.27. The third-order valence-corrected chi connectivity index (χ3v) is 4.70. The highest BCUT2D eigenvalue weighted by molar-refractivity contribution is 5.62. The Hall–Kier alpha value is -1.84. The zero-order valence-corrected chi connectivity index (χ0v) is 13.0. The minimum atomic E-state index is 0.562. The fourth-order valence-electron chi connectivity index (χ4n) is 3.40. The molecule has 0 bridgehead atoms. The van der Waals surface area contributed by atoms with Gasteiger partial charge in [-0.1, -0.05) is 20.3 Å². The van der Waals surface area contributed by atoms with Crippen LogP contribution in [0.1, 0.15) is 38.7 Å². The number of aryl methyl sites for hydroxylation is 1. The first-order valence-corrected chi connectivity index (χ1v) is 7.79. The molecule has 2 aromatic rings. The first-order chi connectivity index (χ1) is 10.1. The summed E-state index contributed by atoms with van der Waals surface area (Å²) in [5.41, 5.74) is 3.40. The first kappa shape index (κ1) is 14.1. The number of nitrogens with one attached hydrogen (secondary N) is 1. The Bertz CT molecular complexity index is 584. The van der Waals surface area contributed by atoms with Crippen LogP contribution in [-0.4, -0.2) is 16.2 Å². The van der Waals surface area contributed by atoms with Gasteiger partial charge in [0.1, 0.15) is 0 Å². The van der Waals surface area contributed by atoms with E-state index in [0.29, 0.717) is 11.9 Å². The summed E-state index contributed by atoms with van der Waals surface area (Å²) in [6.07, 6.45) is 5.36. The van der Waals surface area contributed by atoms with Crippen LogP contribution in [0, 0.1) is 18.8 Å². The van der Waals surface area contributed by atoms with Gasteiger partial charge in [-0.2, -0.15) is 0 Å². The maximum absolute atomic E-state index is 5.26. The fourth-order valence-corrected chi connectivity index (χ4v) is 3.40. The first-order valence-electron chi connectivity index (χ1n) is 7.79. The molecule has 112 valence electrons. The van der Waals surface area contributed by atoms with Crippen molar-refractivity contribution in [2.75, 3.05) is 5.32 Å². The summed E-state index contributed by atoms with van der Waals surface area (Å²) in [5, 5.41) is 11.4. The second-order valence-electron chi connectivity index (χ2n) is 6.33. The molecule has 1 aliphatic rings. The molecule has 0 amide bonds. The predicted molar refractivity (Wildman–Crippen MR) is 84.1 cm³/mol. The maximum atomic E-state index is 5.26. The normalized spacial score (nSPS) is 25.8. The topological polar surface area (TPSA) is 51.0 Å². The number of nitrogens with zero attached hydrogens (tertiary/aromatic N) is 2. The van der Waals surface area contributed by atoms with E-state index in [1.807, 2.05) is 6.07 Å². The quantitative estimate of drug-likeness (QED) is 0.914. The van der Waals surface area contributed by atoms with E-state index < -0.39 is 0 Å². The second-order valence-corrected chi connectivity index (χ2v) is 6.33. The van der Waals surface area contributed by atoms with Crippen LogP contribution in [0.4, 0.5) is 5.69 Å². The molecule has 1 aromatic heterocycles. The molecule has 0 radical (unpaired) electrons. The Kier molecular flexibility index (Phi) is 3.95. The monoisotopic (exact) mass is 285 g/mol. The van der Waals surface area contributed by atoms with Crippen LogP contribution in [-0.2, 0) is 0 Å². The lowest BCUT2D eigenvalue weighted by Gasteiger charge is -2.36. The average molecular weight is 285 g/mol. The van der Waals surface area contributed by atoms with E-state index in [9.17, 15) is 0 Å². The summed E-state index contributed by atoms with van der Waals surface area (Å²) in [6, 6.07) is 6.84. The van der Waals surface area contributed by atoms with Crippen molar-refractivity contribution in [2.45, 2.75) is 46.1 Å². The van der Waals surface area contributed by atoms with Gasteiger partial charge in [-0.3, -0.25) is 0 Å². The van der Waals surface area contributed by atoms with Crippen LogP contribution in [0.2, 0.25) is 0 Å². The molecular formula is C17H23N3O. The molecule has 1 N–H and O–H groups in total. The predicted octanol–water partition coefficient (Wildman–Crippen LogP) is 4.28. The zero-order chi connectivity index (χ0) is 14.8. The Morgan fingerprint density at radius 1 is 1.19 bits per heavy atom. The van der Waals surface area contributed by atoms with Crippen LogP contribution in [0.25, 0.3) is 11.5 Å². The molecule has 4 heteroatoms. The van der Waals surface area contributed by atoms with Gasteiger partial charge in [0.05, 0.1) is 0 Å². The molecule has 4 nitrogen and oxygen atoms in total. The van der Waals surface area contributed by atoms with Crippen molar-refractivity contribution in [2.24, 2.45) is 11.8 Å². The molecule has 2 atom stereocenters. The molecule has 1 fully saturated rings. The van der Waals surface area contributed by atoms with Crippen LogP contribution >= 0.6 is 0 Å². The molecule has 21 heavy (non-hydrogen) atoms. The van der Waals surface area contributed by atoms with E-state index in [2.05, 4.69) is 48.4 Å². The summed E-state index contributed by atoms with van der Waals surface area (Å²) in [6.45, 7) is 6.84. The maximum Gasteiger partial charge on any atom is 0.247 e. The summed E-state index contributed by atoms with van der Waals surface area (Å²) >= 11 is 0. The van der Waals surface area contributed by atoms with Crippen molar-refractivity contribution in [1.29, 1.82) is 0 Å². The molecule has 3 rings (SSSR count). The third kappa shape index (κ3) is 2.94. The zero-order valence-electron chi connectivity index (χ0n) is 13.0. The Labute approximate surface area is 126 Å². The van der Waals surface area contributed by atoms with E-state index in [1.165, 1.54) is 36.9 Å². The summed E-state index contributed by atoms with van der Waals surface area (Å²) in [4.78, 5) is 0. The molecule has 2 unspecified atom stereocenters. The van der Waals surface area contributed by atoms with Gasteiger partial charge in [0, 0.05) is 17.3 Å². The van der Waals surface area contributed by atoms with Gasteiger partial charge in [0.15, 0.2) is 0 Å². The standard InChI is InChI=1S/C17H23N3O/c1-11-5-4-6-12(2)16(11)19-15-8-7-14(9-13(15)3)17-20-18-10-21-17/h7-12,16,19H,4-6H2,1-3H3. The average Bonchev–Trinajstić information content (AvgIpc) is 2.98. The molecule has 0 aliphatic heterocycles. The van der Waals surface area contributed by atoms with E-state index in [-0.39, 0.29) is 0 Å². The van der Waals surface area contributed by atoms with Crippen LogP contribution < -0.4 is 5.32 Å². The number of hydrogen-bond acceptors (Lipinski definition) is 4. The summed E-state index contributed by atoms with van der Waals surface area (Å²) in [7, 11) is 0. The molecule has 1 heterocycles. The minimum absolute atomic E-state index is 0.562. The van der Waals surface area contributed by atoms with Gasteiger partial charge >= 0.3 is 0 Å². The molecular weight excluding hydrogens is 262 g/mol. The van der Waals surface area contributed by atoms with E-state index >= 15 is 0 Å². The lowest BCUT2D eigenvalue weighted by Crippen LogP contribution is -2.37. The van der Waals surface area contributed by atoms with Crippen molar-refractivity contribution in [3.8, 4) is 11.5 Å². The SMILES string of the molecule is Cc1cc(-c2nnco2)ccc1NC1C(C)CCCC1C. The lowest BCUT2D eigenvalue weighted by atomic mass is 9.78. The molecule has 0 spiro atoms. The van der Waals surface area contributed by atoms with Gasteiger partial charge in [-0.05, 0) is 55.4 Å². The third-order valence-electron chi connectivity index (χ3n) is 4.70. The van der Waals surface area contributed by atoms with E-state index in [4.69, 9.17) is 4.42 Å². The van der Waals surface area contributed by atoms with E-state index in [0.717, 1.165) is 17.4 Å². The van der Waals surface area contributed by atoms with Gasteiger partial charge in [0.25, 0.3) is 0 Å². The van der Waals surface area contributed by atoms with Crippen molar-refractivity contribution in [3.05, 3.63) is 30.2 Å². The van der Waals surface area contributed by atoms with Crippen molar-refractivity contribution < 1.29 is 4.42 Å². The van der Waals surface area contributed by atoms with Crippen molar-refractivity contribution >= 4 is 5.69 Å². The van der Waals surface area contributed by atoms with Gasteiger partial charge in [0.2, 0.25) is 12.3 Å². The fraction of sp³-hybridized carbons (Fsp3) is 0.529. The van der Waals surface area contributed by atoms with Crippen LogP contribution in [0.15, 0.2) is 29.0 Å².